The molecule has 1 aromatic carbocycles. The number of nitrogens with one attached hydrogen (secondary N) is 1. The maximum Gasteiger partial charge on any atom is 0.103 e. The summed E-state index contributed by atoms with van der Waals surface area (Å²) in [5.74, 6) is 0.929. The van der Waals surface area contributed by atoms with Crippen LogP contribution >= 0.6 is 0 Å². The van der Waals surface area contributed by atoms with Gasteiger partial charge in [-0.2, -0.15) is 0 Å². The topological polar surface area (TPSA) is 76.4 Å². The average Bonchev–Trinajstić information content (AvgIpc) is 2.25. The highest BCUT2D eigenvalue weighted by molar-refractivity contribution is 5.91. The Hall–Kier alpha value is -1.97. The zero-order valence-corrected chi connectivity index (χ0v) is 9.17. The molecule has 0 saturated heterocycles. The number of benzene rings is 1. The first-order valence-corrected chi connectivity index (χ1v) is 5.39. The highest BCUT2D eigenvalue weighted by atomic mass is 15.0. The molecule has 0 unspecified atom stereocenters. The van der Waals surface area contributed by atoms with Gasteiger partial charge in [0.2, 0.25) is 0 Å². The Morgan fingerprint density at radius 3 is 2.81 bits per heavy atom. The molecule has 82 valence electrons. The zero-order chi connectivity index (χ0) is 11.3. The predicted octanol–water partition coefficient (Wildman–Crippen LogP) is -0.109. The molecule has 0 spiro atoms. The van der Waals surface area contributed by atoms with Crippen LogP contribution in [0.25, 0.3) is 11.4 Å². The van der Waals surface area contributed by atoms with Crippen molar-refractivity contribution in [3.63, 3.8) is 0 Å². The van der Waals surface area contributed by atoms with Gasteiger partial charge in [-0.3, -0.25) is 0 Å². The maximum atomic E-state index is 6.04. The minimum Gasteiger partial charge on any atom is -0.401 e. The van der Waals surface area contributed by atoms with Crippen LogP contribution in [0.2, 0.25) is 0 Å². The lowest BCUT2D eigenvalue weighted by Crippen LogP contribution is -2.43. The number of nitrogens with zero attached hydrogens (tertiary/aromatic N) is 1. The van der Waals surface area contributed by atoms with E-state index in [1.165, 1.54) is 5.70 Å². The molecular formula is C12H14N4. The minimum atomic E-state index is 0.741. The molecule has 1 aliphatic heterocycles. The lowest BCUT2D eigenvalue weighted by atomic mass is 9.98. The highest BCUT2D eigenvalue weighted by Gasteiger charge is 2.17. The van der Waals surface area contributed by atoms with Gasteiger partial charge in [0.15, 0.2) is 0 Å². The van der Waals surface area contributed by atoms with E-state index in [1.54, 1.807) is 0 Å². The standard InChI is InChI=1S/C12H14N4/c1-6-15-9-4-2-7(13)11-8(14)3-5-10(16-6)12(9)11/h2,4H,3,5,13-14H2,1H3,(H,15,16). The third kappa shape index (κ3) is 1.13. The summed E-state index contributed by atoms with van der Waals surface area (Å²) in [7, 11) is 0. The van der Waals surface area contributed by atoms with Gasteiger partial charge < -0.3 is 16.8 Å². The monoisotopic (exact) mass is 214 g/mol. The van der Waals surface area contributed by atoms with Gasteiger partial charge in [0.1, 0.15) is 5.84 Å². The van der Waals surface area contributed by atoms with Crippen molar-refractivity contribution in [3.05, 3.63) is 22.6 Å². The summed E-state index contributed by atoms with van der Waals surface area (Å²) in [6, 6.07) is 3.84. The second-order valence-corrected chi connectivity index (χ2v) is 4.25. The molecule has 0 atom stereocenters. The molecule has 0 aromatic heterocycles. The number of anilines is 1. The quantitative estimate of drug-likeness (QED) is 0.527. The van der Waals surface area contributed by atoms with Crippen LogP contribution in [-0.2, 0) is 0 Å². The van der Waals surface area contributed by atoms with E-state index in [0.29, 0.717) is 0 Å². The molecule has 0 fully saturated rings. The van der Waals surface area contributed by atoms with E-state index in [9.17, 15) is 0 Å². The van der Waals surface area contributed by atoms with Crippen LogP contribution in [0.1, 0.15) is 19.8 Å². The maximum absolute atomic E-state index is 6.04. The molecule has 1 heterocycles. The van der Waals surface area contributed by atoms with Gasteiger partial charge in [-0.05, 0) is 31.9 Å². The van der Waals surface area contributed by atoms with Crippen molar-refractivity contribution in [2.45, 2.75) is 19.8 Å². The number of nitrogen functional groups attached to an aromatic ring is 1. The first-order valence-electron chi connectivity index (χ1n) is 5.39. The first-order chi connectivity index (χ1) is 7.66. The second-order valence-electron chi connectivity index (χ2n) is 4.25. The van der Waals surface area contributed by atoms with E-state index in [-0.39, 0.29) is 0 Å². The molecule has 2 aliphatic rings. The summed E-state index contributed by atoms with van der Waals surface area (Å²) in [5.41, 5.74) is 15.8. The van der Waals surface area contributed by atoms with E-state index >= 15 is 0 Å². The van der Waals surface area contributed by atoms with Crippen LogP contribution in [0.4, 0.5) is 11.4 Å². The minimum absolute atomic E-state index is 0.741. The number of amidine groups is 1. The van der Waals surface area contributed by atoms with Gasteiger partial charge in [0.05, 0.1) is 5.69 Å². The van der Waals surface area contributed by atoms with Gasteiger partial charge in [0.25, 0.3) is 0 Å². The first kappa shape index (κ1) is 9.27. The van der Waals surface area contributed by atoms with Crippen molar-refractivity contribution in [1.29, 1.82) is 0 Å². The van der Waals surface area contributed by atoms with Crippen molar-refractivity contribution >= 4 is 28.6 Å². The molecule has 1 aromatic rings. The second kappa shape index (κ2) is 3.01. The van der Waals surface area contributed by atoms with Crippen LogP contribution in [0, 0.1) is 0 Å². The summed E-state index contributed by atoms with van der Waals surface area (Å²) in [4.78, 5) is 4.47. The van der Waals surface area contributed by atoms with Crippen molar-refractivity contribution in [3.8, 4) is 0 Å². The number of nitrogens with two attached hydrogens (primary N) is 2. The van der Waals surface area contributed by atoms with Gasteiger partial charge in [0, 0.05) is 27.5 Å². The van der Waals surface area contributed by atoms with E-state index < -0.39 is 0 Å². The average molecular weight is 214 g/mol. The fourth-order valence-electron chi connectivity index (χ4n) is 2.41. The van der Waals surface area contributed by atoms with Crippen molar-refractivity contribution < 1.29 is 0 Å². The lowest BCUT2D eigenvalue weighted by molar-refractivity contribution is 0.958. The molecule has 5 N–H and O–H groups in total. The summed E-state index contributed by atoms with van der Waals surface area (Å²) < 4.78 is 0. The normalized spacial score (nSPS) is 17.7. The number of aliphatic imine (C=N–C) groups is 1. The number of hydrogen-bond donors (Lipinski definition) is 3. The molecule has 4 nitrogen and oxygen atoms in total. The molecule has 0 saturated carbocycles. The Labute approximate surface area is 93.4 Å². The number of hydrogen-bond acceptors (Lipinski definition) is 4. The molecule has 1 aliphatic carbocycles. The third-order valence-corrected chi connectivity index (χ3v) is 3.10. The summed E-state index contributed by atoms with van der Waals surface area (Å²) in [6.45, 7) is 1.97. The SMILES string of the molecule is CC1=Nc2ccc(N)c3c2=C(CCC=3N)N1. The third-order valence-electron chi connectivity index (χ3n) is 3.10. The smallest absolute Gasteiger partial charge is 0.103 e. The molecule has 0 radical (unpaired) electrons. The fraction of sp³-hybridized carbons (Fsp3) is 0.250. The Balaban J connectivity index is 2.54. The Bertz CT molecular complexity index is 625. The van der Waals surface area contributed by atoms with E-state index in [4.69, 9.17) is 11.5 Å². The summed E-state index contributed by atoms with van der Waals surface area (Å²) in [5, 5.41) is 5.37. The Kier molecular flexibility index (Phi) is 1.74. The van der Waals surface area contributed by atoms with Crippen molar-refractivity contribution in [1.82, 2.24) is 5.32 Å². The van der Waals surface area contributed by atoms with Gasteiger partial charge >= 0.3 is 0 Å². The Morgan fingerprint density at radius 1 is 1.19 bits per heavy atom. The van der Waals surface area contributed by atoms with E-state index in [2.05, 4.69) is 10.3 Å². The summed E-state index contributed by atoms with van der Waals surface area (Å²) in [6.07, 6.45) is 1.79. The van der Waals surface area contributed by atoms with Crippen molar-refractivity contribution in [2.24, 2.45) is 10.7 Å². The lowest BCUT2D eigenvalue weighted by Gasteiger charge is -2.21. The summed E-state index contributed by atoms with van der Waals surface area (Å²) >= 11 is 0. The van der Waals surface area contributed by atoms with Gasteiger partial charge in [-0.25, -0.2) is 4.99 Å². The van der Waals surface area contributed by atoms with Crippen LogP contribution in [0.5, 0.6) is 0 Å². The molecule has 16 heavy (non-hydrogen) atoms. The molecular weight excluding hydrogens is 200 g/mol. The molecule has 0 bridgehead atoms. The van der Waals surface area contributed by atoms with Crippen LogP contribution < -0.4 is 27.2 Å². The Morgan fingerprint density at radius 2 is 2.00 bits per heavy atom. The number of rotatable bonds is 0. The van der Waals surface area contributed by atoms with Crippen LogP contribution in [0.15, 0.2) is 17.1 Å². The largest absolute Gasteiger partial charge is 0.401 e. The van der Waals surface area contributed by atoms with E-state index in [0.717, 1.165) is 46.2 Å². The molecule has 0 amide bonds. The molecule has 3 rings (SSSR count). The van der Waals surface area contributed by atoms with Gasteiger partial charge in [-0.15, -0.1) is 0 Å². The van der Waals surface area contributed by atoms with Crippen molar-refractivity contribution in [2.75, 3.05) is 5.73 Å². The van der Waals surface area contributed by atoms with Crippen LogP contribution in [-0.4, -0.2) is 5.84 Å². The van der Waals surface area contributed by atoms with E-state index in [1.807, 2.05) is 19.1 Å². The molecule has 4 heteroatoms. The highest BCUT2D eigenvalue weighted by Crippen LogP contribution is 2.18. The van der Waals surface area contributed by atoms with Gasteiger partial charge in [-0.1, -0.05) is 0 Å². The van der Waals surface area contributed by atoms with Crippen LogP contribution in [0.3, 0.4) is 0 Å². The zero-order valence-electron chi connectivity index (χ0n) is 9.17. The fourth-order valence-corrected chi connectivity index (χ4v) is 2.41. The predicted molar refractivity (Wildman–Crippen MR) is 66.2 cm³/mol.